The van der Waals surface area contributed by atoms with Crippen LogP contribution >= 0.6 is 0 Å². The van der Waals surface area contributed by atoms with E-state index in [1.54, 1.807) is 0 Å². The van der Waals surface area contributed by atoms with Crippen molar-refractivity contribution in [2.75, 3.05) is 5.01 Å². The molecule has 156 valence electrons. The summed E-state index contributed by atoms with van der Waals surface area (Å²) in [6, 6.07) is 27.7. The van der Waals surface area contributed by atoms with Gasteiger partial charge in [-0.05, 0) is 36.8 Å². The third-order valence-corrected chi connectivity index (χ3v) is 4.84. The van der Waals surface area contributed by atoms with Crippen molar-refractivity contribution < 1.29 is 9.21 Å². The topological polar surface area (TPSA) is 71.3 Å². The molecule has 1 heterocycles. The van der Waals surface area contributed by atoms with Gasteiger partial charge in [-0.1, -0.05) is 66.2 Å². The van der Waals surface area contributed by atoms with E-state index in [9.17, 15) is 4.79 Å². The van der Waals surface area contributed by atoms with E-state index in [1.165, 1.54) is 5.56 Å². The summed E-state index contributed by atoms with van der Waals surface area (Å²) in [7, 11) is 0. The monoisotopic (exact) mass is 412 g/mol. The number of hydrogen-bond donors (Lipinski definition) is 1. The second kappa shape index (κ2) is 9.71. The fourth-order valence-electron chi connectivity index (χ4n) is 3.16. The quantitative estimate of drug-likeness (QED) is 0.424. The number of nitrogens with one attached hydrogen (secondary N) is 1. The number of hydrogen-bond acceptors (Lipinski definition) is 5. The molecule has 0 aliphatic heterocycles. The molecule has 6 nitrogen and oxygen atoms in total. The predicted octanol–water partition coefficient (Wildman–Crippen LogP) is 4.72. The molecule has 4 rings (SSSR count). The Kier molecular flexibility index (Phi) is 6.38. The Morgan fingerprint density at radius 3 is 2.29 bits per heavy atom. The van der Waals surface area contributed by atoms with E-state index in [0.29, 0.717) is 24.7 Å². The molecule has 0 bridgehead atoms. The summed E-state index contributed by atoms with van der Waals surface area (Å²) in [5.74, 6) is 0.792. The average Bonchev–Trinajstić information content (AvgIpc) is 3.28. The van der Waals surface area contributed by atoms with Crippen LogP contribution in [0.5, 0.6) is 0 Å². The highest BCUT2D eigenvalue weighted by molar-refractivity contribution is 5.78. The van der Waals surface area contributed by atoms with Crippen molar-refractivity contribution in [2.45, 2.75) is 26.3 Å². The molecular weight excluding hydrogens is 388 g/mol. The molecule has 0 saturated heterocycles. The van der Waals surface area contributed by atoms with Gasteiger partial charge in [-0.25, -0.2) is 0 Å². The predicted molar refractivity (Wildman–Crippen MR) is 120 cm³/mol. The summed E-state index contributed by atoms with van der Waals surface area (Å²) in [4.78, 5) is 12.7. The van der Waals surface area contributed by atoms with Gasteiger partial charge in [0, 0.05) is 18.4 Å². The number of para-hydroxylation sites is 1. The van der Waals surface area contributed by atoms with E-state index < -0.39 is 0 Å². The van der Waals surface area contributed by atoms with Gasteiger partial charge in [-0.2, -0.15) is 0 Å². The first-order valence-corrected chi connectivity index (χ1v) is 10.2. The van der Waals surface area contributed by atoms with Crippen LogP contribution in [0.2, 0.25) is 0 Å². The molecule has 1 amide bonds. The molecule has 0 spiro atoms. The molecule has 0 unspecified atom stereocenters. The van der Waals surface area contributed by atoms with Gasteiger partial charge in [0.05, 0.1) is 12.2 Å². The van der Waals surface area contributed by atoms with Crippen LogP contribution in [0.25, 0.3) is 11.5 Å². The Balaban J connectivity index is 1.38. The summed E-state index contributed by atoms with van der Waals surface area (Å²) in [5.41, 5.74) is 7.05. The fourth-order valence-corrected chi connectivity index (χ4v) is 3.16. The summed E-state index contributed by atoms with van der Waals surface area (Å²) in [6.07, 6.45) is 0.617. The smallest absolute Gasteiger partial charge is 0.247 e. The third kappa shape index (κ3) is 5.57. The van der Waals surface area contributed by atoms with Crippen molar-refractivity contribution in [2.24, 2.45) is 0 Å². The number of anilines is 1. The highest BCUT2D eigenvalue weighted by Gasteiger charge is 2.14. The molecule has 0 aliphatic carbocycles. The number of benzene rings is 3. The largest absolute Gasteiger partial charge is 0.421 e. The molecule has 0 fully saturated rings. The van der Waals surface area contributed by atoms with Crippen molar-refractivity contribution in [3.8, 4) is 11.5 Å². The summed E-state index contributed by atoms with van der Waals surface area (Å²) >= 11 is 0. The van der Waals surface area contributed by atoms with Gasteiger partial charge in [0.2, 0.25) is 17.7 Å². The molecule has 3 aromatic carbocycles. The van der Waals surface area contributed by atoms with Crippen molar-refractivity contribution >= 4 is 11.6 Å². The van der Waals surface area contributed by atoms with Crippen LogP contribution in [0.3, 0.4) is 0 Å². The Bertz CT molecular complexity index is 1110. The van der Waals surface area contributed by atoms with Crippen LogP contribution in [0.4, 0.5) is 5.69 Å². The summed E-state index contributed by atoms with van der Waals surface area (Å²) in [5, 5.41) is 10.0. The number of rotatable bonds is 8. The van der Waals surface area contributed by atoms with E-state index >= 15 is 0 Å². The van der Waals surface area contributed by atoms with Gasteiger partial charge in [-0.3, -0.25) is 15.2 Å². The molecule has 0 atom stereocenters. The van der Waals surface area contributed by atoms with Crippen molar-refractivity contribution in [1.82, 2.24) is 15.6 Å². The molecule has 1 N–H and O–H groups in total. The van der Waals surface area contributed by atoms with Crippen molar-refractivity contribution in [1.29, 1.82) is 0 Å². The highest BCUT2D eigenvalue weighted by atomic mass is 16.4. The summed E-state index contributed by atoms with van der Waals surface area (Å²) in [6.45, 7) is 2.59. The lowest BCUT2D eigenvalue weighted by atomic mass is 10.1. The lowest BCUT2D eigenvalue weighted by Gasteiger charge is -2.25. The lowest BCUT2D eigenvalue weighted by molar-refractivity contribution is -0.121. The number of amides is 1. The molecule has 6 heteroatoms. The zero-order valence-electron chi connectivity index (χ0n) is 17.4. The van der Waals surface area contributed by atoms with E-state index in [2.05, 4.69) is 15.6 Å². The second-order valence-corrected chi connectivity index (χ2v) is 7.31. The van der Waals surface area contributed by atoms with Crippen molar-refractivity contribution in [3.05, 3.63) is 102 Å². The first kappa shape index (κ1) is 20.3. The Labute approximate surface area is 181 Å². The first-order chi connectivity index (χ1) is 15.2. The molecule has 0 aliphatic rings. The van der Waals surface area contributed by atoms with Crippen LogP contribution < -0.4 is 10.4 Å². The van der Waals surface area contributed by atoms with Gasteiger partial charge in [0.15, 0.2) is 0 Å². The molecule has 1 aromatic heterocycles. The van der Waals surface area contributed by atoms with Gasteiger partial charge in [0.1, 0.15) is 0 Å². The Morgan fingerprint density at radius 1 is 0.903 bits per heavy atom. The van der Waals surface area contributed by atoms with Crippen LogP contribution in [0.1, 0.15) is 23.4 Å². The van der Waals surface area contributed by atoms with E-state index in [0.717, 1.165) is 16.8 Å². The second-order valence-electron chi connectivity index (χ2n) is 7.31. The number of carbonyl (C=O) groups excluding carboxylic acids is 1. The molecular formula is C25H24N4O2. The van der Waals surface area contributed by atoms with E-state index in [4.69, 9.17) is 4.42 Å². The zero-order chi connectivity index (χ0) is 21.5. The van der Waals surface area contributed by atoms with Gasteiger partial charge < -0.3 is 4.42 Å². The third-order valence-electron chi connectivity index (χ3n) is 4.84. The maximum absolute atomic E-state index is 12.7. The van der Waals surface area contributed by atoms with Gasteiger partial charge in [-0.15, -0.1) is 10.2 Å². The minimum atomic E-state index is -0.116. The minimum absolute atomic E-state index is 0.116. The van der Waals surface area contributed by atoms with E-state index in [-0.39, 0.29) is 12.3 Å². The van der Waals surface area contributed by atoms with Crippen LogP contribution in [0.15, 0.2) is 89.3 Å². The number of nitrogens with zero attached hydrogens (tertiary/aromatic N) is 3. The normalized spacial score (nSPS) is 10.6. The zero-order valence-corrected chi connectivity index (χ0v) is 17.4. The number of aromatic nitrogens is 2. The number of aryl methyl sites for hydroxylation is 2. The minimum Gasteiger partial charge on any atom is -0.421 e. The molecule has 0 saturated carbocycles. The van der Waals surface area contributed by atoms with Crippen LogP contribution in [0, 0.1) is 6.92 Å². The summed E-state index contributed by atoms with van der Waals surface area (Å²) < 4.78 is 5.73. The van der Waals surface area contributed by atoms with Gasteiger partial charge >= 0.3 is 0 Å². The Morgan fingerprint density at radius 2 is 1.58 bits per heavy atom. The standard InChI is InChI=1S/C25H24N4O2/c1-19-12-14-21(15-13-19)25-27-26-24(31-25)17-16-23(30)28-29(22-10-6-3-7-11-22)18-20-8-4-2-5-9-20/h2-15H,16-18H2,1H3,(H,28,30). The van der Waals surface area contributed by atoms with Crippen LogP contribution in [-0.4, -0.2) is 16.1 Å². The van der Waals surface area contributed by atoms with E-state index in [1.807, 2.05) is 96.9 Å². The van der Waals surface area contributed by atoms with Gasteiger partial charge in [0.25, 0.3) is 0 Å². The first-order valence-electron chi connectivity index (χ1n) is 10.2. The highest BCUT2D eigenvalue weighted by Crippen LogP contribution is 2.19. The maximum atomic E-state index is 12.7. The van der Waals surface area contributed by atoms with Crippen molar-refractivity contribution in [3.63, 3.8) is 0 Å². The average molecular weight is 412 g/mol. The SMILES string of the molecule is Cc1ccc(-c2nnc(CCC(=O)NN(Cc3ccccc3)c3ccccc3)o2)cc1. The number of hydrazine groups is 1. The molecule has 31 heavy (non-hydrogen) atoms. The Hall–Kier alpha value is -3.93. The molecule has 0 radical (unpaired) electrons. The molecule has 4 aromatic rings. The van der Waals surface area contributed by atoms with Crippen LogP contribution in [-0.2, 0) is 17.8 Å². The number of carbonyl (C=O) groups is 1. The lowest BCUT2D eigenvalue weighted by Crippen LogP contribution is -2.42. The fraction of sp³-hybridized carbons (Fsp3) is 0.160. The maximum Gasteiger partial charge on any atom is 0.247 e.